The van der Waals surface area contributed by atoms with Crippen molar-refractivity contribution in [3.05, 3.63) is 40.4 Å². The fourth-order valence-electron chi connectivity index (χ4n) is 3.44. The summed E-state index contributed by atoms with van der Waals surface area (Å²) < 4.78 is 22.0. The molecule has 1 aromatic heterocycles. The summed E-state index contributed by atoms with van der Waals surface area (Å²) in [5, 5.41) is 5.64. The smallest absolute Gasteiger partial charge is 0.272 e. The highest BCUT2D eigenvalue weighted by Crippen LogP contribution is 2.29. The Balaban J connectivity index is 2.05. The number of carbonyl (C=O) groups is 2. The number of aromatic nitrogens is 2. The summed E-state index contributed by atoms with van der Waals surface area (Å²) in [5.41, 5.74) is 0.409. The predicted molar refractivity (Wildman–Crippen MR) is 112 cm³/mol. The van der Waals surface area contributed by atoms with Gasteiger partial charge >= 0.3 is 0 Å². The molecule has 2 heterocycles. The zero-order valence-corrected chi connectivity index (χ0v) is 18.3. The first-order chi connectivity index (χ1) is 14.1. The van der Waals surface area contributed by atoms with Crippen LogP contribution < -0.4 is 10.6 Å². The van der Waals surface area contributed by atoms with Crippen molar-refractivity contribution in [2.24, 2.45) is 5.41 Å². The molecule has 9 heteroatoms. The van der Waals surface area contributed by atoms with E-state index in [0.29, 0.717) is 31.1 Å². The molecular formula is C21H26ClFN4O3. The number of nitrogens with one attached hydrogen (secondary N) is 2. The molecule has 1 atom stereocenters. The number of amides is 2. The maximum Gasteiger partial charge on any atom is 0.272 e. The molecule has 0 saturated heterocycles. The number of halogens is 2. The van der Waals surface area contributed by atoms with Crippen LogP contribution in [0.25, 0.3) is 11.4 Å². The van der Waals surface area contributed by atoms with Gasteiger partial charge in [-0.05, 0) is 30.0 Å². The SMILES string of the molecule is CNC(=O)[C@@H](NC(=O)c1nc(-c2ccc(Cl)cc2F)n2c1COCCC2)C(C)(C)C. The number of hydrogen-bond acceptors (Lipinski definition) is 4. The van der Waals surface area contributed by atoms with E-state index >= 15 is 0 Å². The van der Waals surface area contributed by atoms with Gasteiger partial charge in [-0.3, -0.25) is 9.59 Å². The molecule has 1 aliphatic rings. The van der Waals surface area contributed by atoms with E-state index in [2.05, 4.69) is 15.6 Å². The summed E-state index contributed by atoms with van der Waals surface area (Å²) in [6.07, 6.45) is 0.704. The molecule has 0 radical (unpaired) electrons. The van der Waals surface area contributed by atoms with Crippen LogP contribution in [0, 0.1) is 11.2 Å². The van der Waals surface area contributed by atoms with E-state index in [9.17, 15) is 14.0 Å². The number of hydrogen-bond donors (Lipinski definition) is 2. The fourth-order valence-corrected chi connectivity index (χ4v) is 3.60. The molecule has 0 unspecified atom stereocenters. The molecule has 0 saturated carbocycles. The van der Waals surface area contributed by atoms with Crippen molar-refractivity contribution in [3.63, 3.8) is 0 Å². The Bertz CT molecular complexity index is 968. The largest absolute Gasteiger partial charge is 0.375 e. The monoisotopic (exact) mass is 436 g/mol. The van der Waals surface area contributed by atoms with E-state index in [-0.39, 0.29) is 28.8 Å². The van der Waals surface area contributed by atoms with Crippen LogP contribution in [0.3, 0.4) is 0 Å². The second kappa shape index (κ2) is 8.73. The summed E-state index contributed by atoms with van der Waals surface area (Å²) in [4.78, 5) is 30.0. The van der Waals surface area contributed by atoms with Crippen LogP contribution in [0.5, 0.6) is 0 Å². The van der Waals surface area contributed by atoms with Crippen molar-refractivity contribution >= 4 is 23.4 Å². The lowest BCUT2D eigenvalue weighted by atomic mass is 9.86. The molecule has 0 spiro atoms. The molecule has 1 aromatic carbocycles. The average Bonchev–Trinajstić information content (AvgIpc) is 2.85. The van der Waals surface area contributed by atoms with E-state index < -0.39 is 23.2 Å². The van der Waals surface area contributed by atoms with Crippen molar-refractivity contribution < 1.29 is 18.7 Å². The molecule has 1 aliphatic heterocycles. The number of imidazole rings is 1. The van der Waals surface area contributed by atoms with Gasteiger partial charge < -0.3 is 19.9 Å². The molecule has 0 aliphatic carbocycles. The van der Waals surface area contributed by atoms with Crippen molar-refractivity contribution in [3.8, 4) is 11.4 Å². The summed E-state index contributed by atoms with van der Waals surface area (Å²) in [6, 6.07) is 3.57. The molecule has 7 nitrogen and oxygen atoms in total. The Labute approximate surface area is 180 Å². The maximum absolute atomic E-state index is 14.6. The third-order valence-electron chi connectivity index (χ3n) is 5.02. The highest BCUT2D eigenvalue weighted by atomic mass is 35.5. The van der Waals surface area contributed by atoms with Gasteiger partial charge in [0.25, 0.3) is 5.91 Å². The van der Waals surface area contributed by atoms with Gasteiger partial charge in [-0.25, -0.2) is 9.37 Å². The molecule has 0 fully saturated rings. The average molecular weight is 437 g/mol. The number of benzene rings is 1. The first-order valence-corrected chi connectivity index (χ1v) is 10.2. The number of carbonyl (C=O) groups excluding carboxylic acids is 2. The van der Waals surface area contributed by atoms with Crippen LogP contribution in [0.2, 0.25) is 5.02 Å². The number of nitrogens with zero attached hydrogens (tertiary/aromatic N) is 2. The van der Waals surface area contributed by atoms with Crippen LogP contribution in [0.1, 0.15) is 43.4 Å². The predicted octanol–water partition coefficient (Wildman–Crippen LogP) is 3.15. The zero-order valence-electron chi connectivity index (χ0n) is 17.5. The third-order valence-corrected chi connectivity index (χ3v) is 5.25. The summed E-state index contributed by atoms with van der Waals surface area (Å²) in [5.74, 6) is -0.998. The Morgan fingerprint density at radius 3 is 2.70 bits per heavy atom. The van der Waals surface area contributed by atoms with Gasteiger partial charge in [-0.1, -0.05) is 32.4 Å². The van der Waals surface area contributed by atoms with E-state index in [4.69, 9.17) is 16.3 Å². The normalized spacial score (nSPS) is 15.1. The number of rotatable bonds is 4. The van der Waals surface area contributed by atoms with Crippen molar-refractivity contribution in [2.45, 2.75) is 46.4 Å². The van der Waals surface area contributed by atoms with Gasteiger partial charge in [0.15, 0.2) is 5.69 Å². The quantitative estimate of drug-likeness (QED) is 0.771. The van der Waals surface area contributed by atoms with Gasteiger partial charge in [0.05, 0.1) is 17.9 Å². The molecule has 3 rings (SSSR count). The van der Waals surface area contributed by atoms with Crippen LogP contribution in [-0.4, -0.2) is 41.1 Å². The Morgan fingerprint density at radius 2 is 2.07 bits per heavy atom. The van der Waals surface area contributed by atoms with Gasteiger partial charge in [-0.15, -0.1) is 0 Å². The van der Waals surface area contributed by atoms with E-state index in [1.807, 2.05) is 20.8 Å². The van der Waals surface area contributed by atoms with Gasteiger partial charge in [0.2, 0.25) is 5.91 Å². The van der Waals surface area contributed by atoms with E-state index in [1.54, 1.807) is 16.7 Å². The molecular weight excluding hydrogens is 411 g/mol. The first kappa shape index (κ1) is 22.2. The molecule has 0 bridgehead atoms. The number of ether oxygens (including phenoxy) is 1. The van der Waals surface area contributed by atoms with E-state index in [0.717, 1.165) is 0 Å². The van der Waals surface area contributed by atoms with Crippen LogP contribution in [0.15, 0.2) is 18.2 Å². The maximum atomic E-state index is 14.6. The number of likely N-dealkylation sites (N-methyl/N-ethyl adjacent to an activating group) is 1. The first-order valence-electron chi connectivity index (χ1n) is 9.78. The minimum absolute atomic E-state index is 0.124. The molecule has 2 aromatic rings. The van der Waals surface area contributed by atoms with Gasteiger partial charge in [0, 0.05) is 25.2 Å². The molecule has 2 amide bonds. The Kier molecular flexibility index (Phi) is 6.47. The van der Waals surface area contributed by atoms with Crippen molar-refractivity contribution in [1.29, 1.82) is 0 Å². The standard InChI is InChI=1S/C21H26ClFN4O3/c1-21(2,3)17(20(29)24-4)26-19(28)16-15-11-30-9-5-8-27(15)18(25-16)13-7-6-12(22)10-14(13)23/h6-7,10,17H,5,8-9,11H2,1-4H3,(H,24,29)(H,26,28)/t17-/m1/s1. The highest BCUT2D eigenvalue weighted by molar-refractivity contribution is 6.30. The minimum Gasteiger partial charge on any atom is -0.375 e. The molecule has 30 heavy (non-hydrogen) atoms. The summed E-state index contributed by atoms with van der Waals surface area (Å²) in [7, 11) is 1.52. The minimum atomic E-state index is -0.769. The van der Waals surface area contributed by atoms with Gasteiger partial charge in [0.1, 0.15) is 17.7 Å². The molecule has 162 valence electrons. The van der Waals surface area contributed by atoms with Crippen molar-refractivity contribution in [1.82, 2.24) is 20.2 Å². The van der Waals surface area contributed by atoms with Gasteiger partial charge in [-0.2, -0.15) is 0 Å². The molecule has 2 N–H and O–H groups in total. The van der Waals surface area contributed by atoms with Crippen molar-refractivity contribution in [2.75, 3.05) is 13.7 Å². The van der Waals surface area contributed by atoms with Crippen LogP contribution >= 0.6 is 11.6 Å². The fraction of sp³-hybridized carbons (Fsp3) is 0.476. The third kappa shape index (κ3) is 4.49. The number of fused-ring (bicyclic) bond motifs is 1. The highest BCUT2D eigenvalue weighted by Gasteiger charge is 2.34. The topological polar surface area (TPSA) is 85.3 Å². The second-order valence-electron chi connectivity index (χ2n) is 8.30. The lowest BCUT2D eigenvalue weighted by Gasteiger charge is -2.29. The zero-order chi connectivity index (χ0) is 22.1. The van der Waals surface area contributed by atoms with Crippen LogP contribution in [-0.2, 0) is 22.7 Å². The Hall–Kier alpha value is -2.45. The summed E-state index contributed by atoms with van der Waals surface area (Å²) >= 11 is 5.88. The summed E-state index contributed by atoms with van der Waals surface area (Å²) in [6.45, 7) is 6.81. The lowest BCUT2D eigenvalue weighted by molar-refractivity contribution is -0.124. The van der Waals surface area contributed by atoms with E-state index in [1.165, 1.54) is 13.1 Å². The Morgan fingerprint density at radius 1 is 1.33 bits per heavy atom. The lowest BCUT2D eigenvalue weighted by Crippen LogP contribution is -2.53. The van der Waals surface area contributed by atoms with Crippen LogP contribution in [0.4, 0.5) is 4.39 Å². The second-order valence-corrected chi connectivity index (χ2v) is 8.74.